The Morgan fingerprint density at radius 2 is 2.29 bits per heavy atom. The Morgan fingerprint density at radius 3 is 3.00 bits per heavy atom. The molecule has 0 bridgehead atoms. The van der Waals surface area contributed by atoms with E-state index in [0.717, 1.165) is 30.9 Å². The van der Waals surface area contributed by atoms with Gasteiger partial charge in [0.05, 0.1) is 7.11 Å². The van der Waals surface area contributed by atoms with Gasteiger partial charge in [-0.2, -0.15) is 0 Å². The summed E-state index contributed by atoms with van der Waals surface area (Å²) in [5.74, 6) is 2.31. The summed E-state index contributed by atoms with van der Waals surface area (Å²) in [6.07, 6.45) is 3.77. The summed E-state index contributed by atoms with van der Waals surface area (Å²) in [7, 11) is 1.04. The predicted molar refractivity (Wildman–Crippen MR) is 68.5 cm³/mol. The van der Waals surface area contributed by atoms with Gasteiger partial charge in [-0.1, -0.05) is 0 Å². The van der Waals surface area contributed by atoms with Gasteiger partial charge < -0.3 is 10.1 Å². The number of aromatic nitrogens is 1. The molecular formula is C12H18N2O2S. The Bertz CT molecular complexity index is 388. The third-order valence-corrected chi connectivity index (χ3v) is 4.37. The SMILES string of the molecule is COc1cc(CNC2CCS(=O)CC2)ccn1. The first-order valence-corrected chi connectivity index (χ1v) is 7.34. The van der Waals surface area contributed by atoms with Crippen molar-refractivity contribution in [1.82, 2.24) is 10.3 Å². The Balaban J connectivity index is 1.82. The fourth-order valence-electron chi connectivity index (χ4n) is 1.93. The summed E-state index contributed by atoms with van der Waals surface area (Å²) in [4.78, 5) is 4.07. The molecule has 1 aromatic heterocycles. The molecule has 1 aliphatic rings. The molecule has 17 heavy (non-hydrogen) atoms. The number of hydrogen-bond donors (Lipinski definition) is 1. The van der Waals surface area contributed by atoms with E-state index in [1.165, 1.54) is 5.56 Å². The number of methoxy groups -OCH3 is 1. The molecule has 94 valence electrons. The summed E-state index contributed by atoms with van der Waals surface area (Å²) in [6.45, 7) is 0.816. The Hall–Kier alpha value is -0.940. The van der Waals surface area contributed by atoms with E-state index in [1.54, 1.807) is 13.3 Å². The molecular weight excluding hydrogens is 236 g/mol. The molecule has 1 N–H and O–H groups in total. The highest BCUT2D eigenvalue weighted by Gasteiger charge is 2.16. The maximum absolute atomic E-state index is 11.2. The highest BCUT2D eigenvalue weighted by atomic mass is 32.2. The number of nitrogens with zero attached hydrogens (tertiary/aromatic N) is 1. The molecule has 2 rings (SSSR count). The summed E-state index contributed by atoms with van der Waals surface area (Å²) >= 11 is 0. The average molecular weight is 254 g/mol. The molecule has 4 nitrogen and oxygen atoms in total. The van der Waals surface area contributed by atoms with Crippen LogP contribution in [0.25, 0.3) is 0 Å². The van der Waals surface area contributed by atoms with Crippen molar-refractivity contribution in [1.29, 1.82) is 0 Å². The number of nitrogens with one attached hydrogen (secondary N) is 1. The number of pyridine rings is 1. The number of hydrogen-bond acceptors (Lipinski definition) is 4. The summed E-state index contributed by atoms with van der Waals surface area (Å²) in [6, 6.07) is 4.41. The van der Waals surface area contributed by atoms with Crippen molar-refractivity contribution in [2.45, 2.75) is 25.4 Å². The molecule has 0 amide bonds. The summed E-state index contributed by atoms with van der Waals surface area (Å²) in [5.41, 5.74) is 1.17. The van der Waals surface area contributed by atoms with E-state index < -0.39 is 10.8 Å². The molecule has 0 spiro atoms. The van der Waals surface area contributed by atoms with E-state index >= 15 is 0 Å². The molecule has 1 aliphatic heterocycles. The fraction of sp³-hybridized carbons (Fsp3) is 0.583. The lowest BCUT2D eigenvalue weighted by molar-refractivity contribution is 0.396. The first kappa shape index (κ1) is 12.5. The molecule has 1 saturated heterocycles. The van der Waals surface area contributed by atoms with Gasteiger partial charge in [-0.15, -0.1) is 0 Å². The lowest BCUT2D eigenvalue weighted by atomic mass is 10.1. The van der Waals surface area contributed by atoms with Gasteiger partial charge in [-0.25, -0.2) is 4.98 Å². The smallest absolute Gasteiger partial charge is 0.213 e. The molecule has 0 saturated carbocycles. The Kier molecular flexibility index (Phi) is 4.50. The van der Waals surface area contributed by atoms with Gasteiger partial charge in [-0.3, -0.25) is 4.21 Å². The zero-order chi connectivity index (χ0) is 12.1. The molecule has 0 aliphatic carbocycles. The van der Waals surface area contributed by atoms with E-state index in [9.17, 15) is 4.21 Å². The van der Waals surface area contributed by atoms with Gasteiger partial charge in [0.15, 0.2) is 0 Å². The van der Waals surface area contributed by atoms with Gasteiger partial charge in [0.25, 0.3) is 0 Å². The van der Waals surface area contributed by atoms with Crippen LogP contribution in [0.3, 0.4) is 0 Å². The van der Waals surface area contributed by atoms with E-state index in [-0.39, 0.29) is 0 Å². The van der Waals surface area contributed by atoms with Crippen LogP contribution >= 0.6 is 0 Å². The van der Waals surface area contributed by atoms with Crippen LogP contribution in [0.15, 0.2) is 18.3 Å². The van der Waals surface area contributed by atoms with Crippen LogP contribution in [-0.2, 0) is 17.3 Å². The predicted octanol–water partition coefficient (Wildman–Crippen LogP) is 1.09. The van der Waals surface area contributed by atoms with Gasteiger partial charge in [0.2, 0.25) is 5.88 Å². The summed E-state index contributed by atoms with van der Waals surface area (Å²) in [5, 5.41) is 3.49. The number of rotatable bonds is 4. The second-order valence-corrected chi connectivity index (χ2v) is 5.91. The zero-order valence-corrected chi connectivity index (χ0v) is 10.8. The molecule has 0 radical (unpaired) electrons. The van der Waals surface area contributed by atoms with Crippen molar-refractivity contribution in [2.75, 3.05) is 18.6 Å². The molecule has 0 unspecified atom stereocenters. The van der Waals surface area contributed by atoms with Crippen LogP contribution in [0.2, 0.25) is 0 Å². The standard InChI is InChI=1S/C12H18N2O2S/c1-16-12-8-10(2-5-13-12)9-14-11-3-6-17(15)7-4-11/h2,5,8,11,14H,3-4,6-7,9H2,1H3. The van der Waals surface area contributed by atoms with E-state index in [0.29, 0.717) is 11.9 Å². The van der Waals surface area contributed by atoms with Crippen LogP contribution < -0.4 is 10.1 Å². The second-order valence-electron chi connectivity index (χ2n) is 4.21. The van der Waals surface area contributed by atoms with Crippen molar-refractivity contribution in [3.8, 4) is 5.88 Å². The van der Waals surface area contributed by atoms with Crippen molar-refractivity contribution >= 4 is 10.8 Å². The maximum atomic E-state index is 11.2. The average Bonchev–Trinajstić information content (AvgIpc) is 2.38. The zero-order valence-electron chi connectivity index (χ0n) is 10.0. The van der Waals surface area contributed by atoms with Gasteiger partial charge in [0.1, 0.15) is 0 Å². The molecule has 0 atom stereocenters. The summed E-state index contributed by atoms with van der Waals surface area (Å²) < 4.78 is 16.3. The van der Waals surface area contributed by atoms with Crippen LogP contribution in [-0.4, -0.2) is 33.9 Å². The second kappa shape index (κ2) is 6.12. The van der Waals surface area contributed by atoms with Crippen molar-refractivity contribution in [3.63, 3.8) is 0 Å². The molecule has 1 aromatic rings. The van der Waals surface area contributed by atoms with Crippen LogP contribution in [0.1, 0.15) is 18.4 Å². The largest absolute Gasteiger partial charge is 0.481 e. The van der Waals surface area contributed by atoms with E-state index in [2.05, 4.69) is 10.3 Å². The van der Waals surface area contributed by atoms with E-state index in [1.807, 2.05) is 12.1 Å². The monoisotopic (exact) mass is 254 g/mol. The fourth-order valence-corrected chi connectivity index (χ4v) is 3.23. The molecule has 1 fully saturated rings. The topological polar surface area (TPSA) is 51.2 Å². The van der Waals surface area contributed by atoms with Gasteiger partial charge in [-0.05, 0) is 24.5 Å². The highest BCUT2D eigenvalue weighted by molar-refractivity contribution is 7.85. The van der Waals surface area contributed by atoms with Gasteiger partial charge in [0, 0.05) is 47.2 Å². The van der Waals surface area contributed by atoms with Crippen molar-refractivity contribution in [2.24, 2.45) is 0 Å². The normalized spacial score (nSPS) is 24.5. The minimum Gasteiger partial charge on any atom is -0.481 e. The molecule has 2 heterocycles. The van der Waals surface area contributed by atoms with Crippen molar-refractivity contribution in [3.05, 3.63) is 23.9 Å². The van der Waals surface area contributed by atoms with Crippen LogP contribution in [0, 0.1) is 0 Å². The lowest BCUT2D eigenvalue weighted by Crippen LogP contribution is -2.35. The minimum absolute atomic E-state index is 0.492. The third kappa shape index (κ3) is 3.78. The van der Waals surface area contributed by atoms with Gasteiger partial charge >= 0.3 is 0 Å². The van der Waals surface area contributed by atoms with Crippen LogP contribution in [0.4, 0.5) is 0 Å². The lowest BCUT2D eigenvalue weighted by Gasteiger charge is -2.22. The molecule has 5 heteroatoms. The quantitative estimate of drug-likeness (QED) is 0.874. The minimum atomic E-state index is -0.584. The van der Waals surface area contributed by atoms with Crippen LogP contribution in [0.5, 0.6) is 5.88 Å². The maximum Gasteiger partial charge on any atom is 0.213 e. The highest BCUT2D eigenvalue weighted by Crippen LogP contribution is 2.12. The first-order chi connectivity index (χ1) is 8.28. The third-order valence-electron chi connectivity index (χ3n) is 2.99. The van der Waals surface area contributed by atoms with E-state index in [4.69, 9.17) is 4.74 Å². The van der Waals surface area contributed by atoms with Crippen molar-refractivity contribution < 1.29 is 8.95 Å². The first-order valence-electron chi connectivity index (χ1n) is 5.85. The Labute approximate surface area is 104 Å². The number of ether oxygens (including phenoxy) is 1. The molecule has 0 aromatic carbocycles. The Morgan fingerprint density at radius 1 is 1.53 bits per heavy atom.